The van der Waals surface area contributed by atoms with E-state index in [1.165, 1.54) is 12.1 Å². The smallest absolute Gasteiger partial charge is 0.224 e. The van der Waals surface area contributed by atoms with Crippen LogP contribution in [0.25, 0.3) is 0 Å². The number of hydrogen-bond donors (Lipinski definition) is 1. The van der Waals surface area contributed by atoms with Gasteiger partial charge in [-0.25, -0.2) is 4.39 Å². The van der Waals surface area contributed by atoms with Crippen molar-refractivity contribution >= 4 is 5.91 Å². The van der Waals surface area contributed by atoms with Gasteiger partial charge in [0.15, 0.2) is 0 Å². The highest BCUT2D eigenvalue weighted by molar-refractivity contribution is 5.77. The Labute approximate surface area is 113 Å². The number of hydrogen-bond acceptors (Lipinski definition) is 3. The van der Waals surface area contributed by atoms with Crippen LogP contribution in [0, 0.1) is 5.82 Å². The minimum atomic E-state index is -0.511. The second kappa shape index (κ2) is 6.52. The molecule has 0 saturated heterocycles. The lowest BCUT2D eigenvalue weighted by Gasteiger charge is -2.23. The largest absolute Gasteiger partial charge is 0.492 e. The lowest BCUT2D eigenvalue weighted by Crippen LogP contribution is -2.40. The van der Waals surface area contributed by atoms with Crippen LogP contribution in [-0.4, -0.2) is 36.5 Å². The normalized spacial score (nSPS) is 11.2. The van der Waals surface area contributed by atoms with E-state index >= 15 is 0 Å². The molecule has 0 atom stereocenters. The molecule has 1 aromatic rings. The molecule has 0 fully saturated rings. The number of benzene rings is 1. The highest BCUT2D eigenvalue weighted by Crippen LogP contribution is 2.11. The molecule has 0 radical (unpaired) electrons. The van der Waals surface area contributed by atoms with E-state index < -0.39 is 5.54 Å². The summed E-state index contributed by atoms with van der Waals surface area (Å²) in [7, 11) is 1.71. The van der Waals surface area contributed by atoms with E-state index in [4.69, 9.17) is 10.5 Å². The molecule has 5 heteroatoms. The minimum Gasteiger partial charge on any atom is -0.492 e. The monoisotopic (exact) mass is 268 g/mol. The molecule has 106 valence electrons. The molecule has 0 unspecified atom stereocenters. The van der Waals surface area contributed by atoms with Gasteiger partial charge in [-0.1, -0.05) is 0 Å². The Morgan fingerprint density at radius 3 is 2.47 bits per heavy atom. The number of nitrogens with zero attached hydrogens (tertiary/aromatic N) is 1. The topological polar surface area (TPSA) is 55.6 Å². The molecule has 0 aliphatic rings. The number of likely N-dealkylation sites (N-methyl/N-ethyl adjacent to an activating group) is 1. The summed E-state index contributed by atoms with van der Waals surface area (Å²) < 4.78 is 18.1. The van der Waals surface area contributed by atoms with Crippen molar-refractivity contribution in [1.29, 1.82) is 0 Å². The van der Waals surface area contributed by atoms with Crippen molar-refractivity contribution in [3.63, 3.8) is 0 Å². The van der Waals surface area contributed by atoms with E-state index in [1.54, 1.807) is 24.1 Å². The first-order chi connectivity index (χ1) is 8.78. The molecule has 4 nitrogen and oxygen atoms in total. The van der Waals surface area contributed by atoms with Crippen molar-refractivity contribution in [2.75, 3.05) is 20.2 Å². The lowest BCUT2D eigenvalue weighted by molar-refractivity contribution is -0.131. The Morgan fingerprint density at radius 2 is 1.95 bits per heavy atom. The fourth-order valence-electron chi connectivity index (χ4n) is 1.48. The third-order valence-corrected chi connectivity index (χ3v) is 2.54. The summed E-state index contributed by atoms with van der Waals surface area (Å²) in [4.78, 5) is 13.4. The second-order valence-corrected chi connectivity index (χ2v) is 5.28. The Balaban J connectivity index is 2.32. The number of carbonyl (C=O) groups is 1. The maximum atomic E-state index is 12.7. The Kier molecular flexibility index (Phi) is 5.30. The van der Waals surface area contributed by atoms with E-state index in [0.29, 0.717) is 25.3 Å². The van der Waals surface area contributed by atoms with Crippen molar-refractivity contribution in [2.45, 2.75) is 25.8 Å². The molecule has 0 aliphatic heterocycles. The quantitative estimate of drug-likeness (QED) is 0.855. The van der Waals surface area contributed by atoms with Gasteiger partial charge in [-0.15, -0.1) is 0 Å². The van der Waals surface area contributed by atoms with Crippen LogP contribution in [0.4, 0.5) is 4.39 Å². The van der Waals surface area contributed by atoms with Crippen LogP contribution >= 0.6 is 0 Å². The predicted octanol–water partition coefficient (Wildman–Crippen LogP) is 1.79. The second-order valence-electron chi connectivity index (χ2n) is 5.28. The summed E-state index contributed by atoms with van der Waals surface area (Å²) in [6, 6.07) is 5.78. The Hall–Kier alpha value is -1.62. The number of nitrogens with two attached hydrogens (primary N) is 1. The van der Waals surface area contributed by atoms with Crippen LogP contribution in [-0.2, 0) is 4.79 Å². The van der Waals surface area contributed by atoms with Crippen molar-refractivity contribution in [2.24, 2.45) is 5.73 Å². The van der Waals surface area contributed by atoms with Gasteiger partial charge in [0.05, 0.1) is 6.54 Å². The summed E-state index contributed by atoms with van der Waals surface area (Å²) in [6.45, 7) is 4.45. The Morgan fingerprint density at radius 1 is 1.37 bits per heavy atom. The van der Waals surface area contributed by atoms with E-state index in [9.17, 15) is 9.18 Å². The van der Waals surface area contributed by atoms with Crippen LogP contribution in [0.15, 0.2) is 24.3 Å². The molecule has 2 N–H and O–H groups in total. The highest BCUT2D eigenvalue weighted by atomic mass is 19.1. The SMILES string of the molecule is CN(CCOc1ccc(F)cc1)C(=O)CC(C)(C)N. The maximum Gasteiger partial charge on any atom is 0.224 e. The van der Waals surface area contributed by atoms with Gasteiger partial charge in [0, 0.05) is 19.0 Å². The zero-order valence-corrected chi connectivity index (χ0v) is 11.6. The standard InChI is InChI=1S/C14H21FN2O2/c1-14(2,16)10-13(18)17(3)8-9-19-12-6-4-11(15)5-7-12/h4-7H,8-10,16H2,1-3H3. The Bertz CT molecular complexity index is 412. The van der Waals surface area contributed by atoms with Crippen molar-refractivity contribution < 1.29 is 13.9 Å². The third-order valence-electron chi connectivity index (χ3n) is 2.54. The summed E-state index contributed by atoms with van der Waals surface area (Å²) in [5.41, 5.74) is 5.28. The number of carbonyl (C=O) groups excluding carboxylic acids is 1. The first-order valence-corrected chi connectivity index (χ1v) is 6.19. The van der Waals surface area contributed by atoms with Gasteiger partial charge in [0.2, 0.25) is 5.91 Å². The van der Waals surface area contributed by atoms with E-state index in [-0.39, 0.29) is 11.7 Å². The molecule has 19 heavy (non-hydrogen) atoms. The summed E-state index contributed by atoms with van der Waals surface area (Å²) >= 11 is 0. The highest BCUT2D eigenvalue weighted by Gasteiger charge is 2.19. The van der Waals surface area contributed by atoms with Gasteiger partial charge in [-0.05, 0) is 38.1 Å². The average Bonchev–Trinajstić information content (AvgIpc) is 2.29. The maximum absolute atomic E-state index is 12.7. The minimum absolute atomic E-state index is 0.0183. The van der Waals surface area contributed by atoms with Gasteiger partial charge in [0.25, 0.3) is 0 Å². The lowest BCUT2D eigenvalue weighted by atomic mass is 10.0. The van der Waals surface area contributed by atoms with Gasteiger partial charge >= 0.3 is 0 Å². The summed E-state index contributed by atoms with van der Waals surface area (Å²) in [5.74, 6) is 0.265. The van der Waals surface area contributed by atoms with E-state index in [0.717, 1.165) is 0 Å². The molecule has 1 amide bonds. The van der Waals surface area contributed by atoms with Crippen LogP contribution in [0.1, 0.15) is 20.3 Å². The molecule has 0 bridgehead atoms. The number of rotatable bonds is 6. The summed E-state index contributed by atoms with van der Waals surface area (Å²) in [6.07, 6.45) is 0.292. The van der Waals surface area contributed by atoms with Gasteiger partial charge in [-0.3, -0.25) is 4.79 Å². The zero-order chi connectivity index (χ0) is 14.5. The summed E-state index contributed by atoms with van der Waals surface area (Å²) in [5, 5.41) is 0. The van der Waals surface area contributed by atoms with Crippen LogP contribution in [0.3, 0.4) is 0 Å². The molecule has 0 aromatic heterocycles. The molecule has 0 saturated carbocycles. The average molecular weight is 268 g/mol. The number of amides is 1. The van der Waals surface area contributed by atoms with E-state index in [1.807, 2.05) is 13.8 Å². The zero-order valence-electron chi connectivity index (χ0n) is 11.6. The first-order valence-electron chi connectivity index (χ1n) is 6.19. The van der Waals surface area contributed by atoms with Gasteiger partial charge in [-0.2, -0.15) is 0 Å². The third kappa shape index (κ3) is 6.20. The van der Waals surface area contributed by atoms with E-state index in [2.05, 4.69) is 0 Å². The number of halogens is 1. The van der Waals surface area contributed by atoms with Gasteiger partial charge < -0.3 is 15.4 Å². The van der Waals surface area contributed by atoms with Crippen LogP contribution in [0.2, 0.25) is 0 Å². The molecule has 1 rings (SSSR count). The van der Waals surface area contributed by atoms with Crippen molar-refractivity contribution in [1.82, 2.24) is 4.90 Å². The number of ether oxygens (including phenoxy) is 1. The molecule has 1 aromatic carbocycles. The molecule has 0 spiro atoms. The van der Waals surface area contributed by atoms with Crippen LogP contribution < -0.4 is 10.5 Å². The molecule has 0 heterocycles. The molecule has 0 aliphatic carbocycles. The molecular formula is C14H21FN2O2. The van der Waals surface area contributed by atoms with Crippen molar-refractivity contribution in [3.05, 3.63) is 30.1 Å². The fourth-order valence-corrected chi connectivity index (χ4v) is 1.48. The first kappa shape index (κ1) is 15.4. The van der Waals surface area contributed by atoms with Crippen molar-refractivity contribution in [3.8, 4) is 5.75 Å². The predicted molar refractivity (Wildman–Crippen MR) is 72.4 cm³/mol. The van der Waals surface area contributed by atoms with Crippen LogP contribution in [0.5, 0.6) is 5.75 Å². The molecular weight excluding hydrogens is 247 g/mol. The van der Waals surface area contributed by atoms with Gasteiger partial charge in [0.1, 0.15) is 18.2 Å². The fraction of sp³-hybridized carbons (Fsp3) is 0.500.